The average Bonchev–Trinajstić information content (AvgIpc) is 2.54. The molecular weight excluding hydrogens is 294 g/mol. The highest BCUT2D eigenvalue weighted by molar-refractivity contribution is 6.30. The number of hydrogen-bond acceptors (Lipinski definition) is 1. The Morgan fingerprint density at radius 2 is 2.05 bits per heavy atom. The van der Waals surface area contributed by atoms with Crippen molar-refractivity contribution < 1.29 is 4.79 Å². The molecule has 22 heavy (non-hydrogen) atoms. The number of amides is 1. The van der Waals surface area contributed by atoms with Crippen LogP contribution < -0.4 is 5.32 Å². The third kappa shape index (κ3) is 3.17. The van der Waals surface area contributed by atoms with E-state index in [-0.39, 0.29) is 17.9 Å². The van der Waals surface area contributed by atoms with E-state index in [2.05, 4.69) is 17.4 Å². The summed E-state index contributed by atoms with van der Waals surface area (Å²) in [6, 6.07) is 15.9. The second kappa shape index (κ2) is 6.53. The molecule has 0 fully saturated rings. The number of aryl methyl sites for hydroxylation is 1. The molecule has 2 aromatic rings. The zero-order valence-electron chi connectivity index (χ0n) is 12.7. The minimum atomic E-state index is -0.0414. The van der Waals surface area contributed by atoms with E-state index in [1.54, 1.807) is 0 Å². The quantitative estimate of drug-likeness (QED) is 0.879. The summed E-state index contributed by atoms with van der Waals surface area (Å²) in [5.74, 6) is 0.0752. The van der Waals surface area contributed by atoms with Gasteiger partial charge >= 0.3 is 0 Å². The van der Waals surface area contributed by atoms with E-state index < -0.39 is 0 Å². The molecule has 3 heteroatoms. The fourth-order valence-corrected chi connectivity index (χ4v) is 3.40. The van der Waals surface area contributed by atoms with Crippen molar-refractivity contribution in [3.8, 4) is 0 Å². The molecule has 2 atom stereocenters. The van der Waals surface area contributed by atoms with Gasteiger partial charge in [-0.25, -0.2) is 0 Å². The van der Waals surface area contributed by atoms with Crippen molar-refractivity contribution in [2.75, 3.05) is 0 Å². The molecule has 0 heterocycles. The fourth-order valence-electron chi connectivity index (χ4n) is 3.20. The van der Waals surface area contributed by atoms with Crippen LogP contribution >= 0.6 is 11.6 Å². The largest absolute Gasteiger partial charge is 0.349 e. The predicted octanol–water partition coefficient (Wildman–Crippen LogP) is 4.64. The summed E-state index contributed by atoms with van der Waals surface area (Å²) in [5, 5.41) is 3.83. The summed E-state index contributed by atoms with van der Waals surface area (Å²) in [7, 11) is 0. The molecule has 2 nitrogen and oxygen atoms in total. The molecule has 1 aliphatic rings. The first-order chi connectivity index (χ1) is 10.6. The summed E-state index contributed by atoms with van der Waals surface area (Å²) in [6.07, 6.45) is 3.07. The molecule has 0 aliphatic heterocycles. The first-order valence-electron chi connectivity index (χ1n) is 7.79. The van der Waals surface area contributed by atoms with Gasteiger partial charge in [0.15, 0.2) is 0 Å². The zero-order valence-corrected chi connectivity index (χ0v) is 13.4. The van der Waals surface area contributed by atoms with Gasteiger partial charge in [-0.3, -0.25) is 4.79 Å². The minimum absolute atomic E-state index is 0.0356. The highest BCUT2D eigenvalue weighted by Crippen LogP contribution is 2.32. The van der Waals surface area contributed by atoms with Gasteiger partial charge in [0.2, 0.25) is 5.91 Å². The van der Waals surface area contributed by atoms with Crippen molar-refractivity contribution in [2.45, 2.75) is 38.1 Å². The van der Waals surface area contributed by atoms with Crippen LogP contribution in [0.15, 0.2) is 48.5 Å². The Hall–Kier alpha value is -1.80. The van der Waals surface area contributed by atoms with Gasteiger partial charge in [0.25, 0.3) is 0 Å². The Morgan fingerprint density at radius 1 is 1.23 bits per heavy atom. The Kier molecular flexibility index (Phi) is 4.49. The van der Waals surface area contributed by atoms with E-state index in [9.17, 15) is 4.79 Å². The number of nitrogens with one attached hydrogen (secondary N) is 1. The first kappa shape index (κ1) is 15.1. The summed E-state index contributed by atoms with van der Waals surface area (Å²) in [5.41, 5.74) is 3.53. The van der Waals surface area contributed by atoms with Gasteiger partial charge in [-0.1, -0.05) is 48.0 Å². The van der Waals surface area contributed by atoms with Gasteiger partial charge in [-0.15, -0.1) is 0 Å². The Labute approximate surface area is 136 Å². The number of rotatable bonds is 3. The summed E-state index contributed by atoms with van der Waals surface area (Å²) in [4.78, 5) is 12.7. The molecule has 0 spiro atoms. The normalized spacial score (nSPS) is 18.4. The van der Waals surface area contributed by atoms with Crippen LogP contribution in [-0.2, 0) is 11.2 Å². The molecule has 0 radical (unpaired) electrons. The maximum absolute atomic E-state index is 12.7. The van der Waals surface area contributed by atoms with Crippen molar-refractivity contribution >= 4 is 17.5 Å². The van der Waals surface area contributed by atoms with Gasteiger partial charge in [-0.05, 0) is 55.0 Å². The fraction of sp³-hybridized carbons (Fsp3) is 0.316. The molecule has 0 saturated heterocycles. The number of carbonyl (C=O) groups is 1. The van der Waals surface area contributed by atoms with Gasteiger partial charge in [0.1, 0.15) is 0 Å². The molecule has 0 aromatic heterocycles. The van der Waals surface area contributed by atoms with Gasteiger partial charge in [0, 0.05) is 5.02 Å². The highest BCUT2D eigenvalue weighted by atomic mass is 35.5. The molecule has 0 saturated carbocycles. The highest BCUT2D eigenvalue weighted by Gasteiger charge is 2.27. The molecule has 1 N–H and O–H groups in total. The number of hydrogen-bond donors (Lipinski definition) is 1. The molecule has 1 amide bonds. The van der Waals surface area contributed by atoms with Crippen molar-refractivity contribution in [3.63, 3.8) is 0 Å². The summed E-state index contributed by atoms with van der Waals surface area (Å²) >= 11 is 6.03. The summed E-state index contributed by atoms with van der Waals surface area (Å²) in [6.45, 7) is 2.00. The third-order valence-corrected chi connectivity index (χ3v) is 4.63. The monoisotopic (exact) mass is 313 g/mol. The van der Waals surface area contributed by atoms with Gasteiger partial charge < -0.3 is 5.32 Å². The Morgan fingerprint density at radius 3 is 2.86 bits per heavy atom. The van der Waals surface area contributed by atoms with Gasteiger partial charge in [0.05, 0.1) is 12.0 Å². The van der Waals surface area contributed by atoms with Crippen LogP contribution in [0.3, 0.4) is 0 Å². The SMILES string of the molecule is C[C@@H](NC(=O)[C@H]1CCCc2ccccc21)c1cccc(Cl)c1. The van der Waals surface area contributed by atoms with Crippen LogP contribution in [0.25, 0.3) is 0 Å². The molecule has 2 aromatic carbocycles. The van der Waals surface area contributed by atoms with Crippen LogP contribution in [0.1, 0.15) is 48.4 Å². The molecule has 1 aliphatic carbocycles. The van der Waals surface area contributed by atoms with E-state index in [1.165, 1.54) is 11.1 Å². The van der Waals surface area contributed by atoms with Gasteiger partial charge in [-0.2, -0.15) is 0 Å². The second-order valence-electron chi connectivity index (χ2n) is 5.93. The molecule has 114 valence electrons. The lowest BCUT2D eigenvalue weighted by Crippen LogP contribution is -2.33. The number of carbonyl (C=O) groups excluding carboxylic acids is 1. The van der Waals surface area contributed by atoms with E-state index in [4.69, 9.17) is 11.6 Å². The van der Waals surface area contributed by atoms with E-state index >= 15 is 0 Å². The molecule has 0 unspecified atom stereocenters. The zero-order chi connectivity index (χ0) is 15.5. The Bertz CT molecular complexity index is 683. The topological polar surface area (TPSA) is 29.1 Å². The van der Waals surface area contributed by atoms with Crippen LogP contribution in [0, 0.1) is 0 Å². The predicted molar refractivity (Wildman–Crippen MR) is 90.1 cm³/mol. The van der Waals surface area contributed by atoms with Crippen LogP contribution in [0.2, 0.25) is 5.02 Å². The maximum atomic E-state index is 12.7. The lowest BCUT2D eigenvalue weighted by Gasteiger charge is -2.26. The Balaban J connectivity index is 1.75. The van der Waals surface area contributed by atoms with Crippen LogP contribution in [0.5, 0.6) is 0 Å². The van der Waals surface area contributed by atoms with Crippen LogP contribution in [0.4, 0.5) is 0 Å². The standard InChI is InChI=1S/C19H20ClNO/c1-13(15-8-4-9-16(20)12-15)21-19(22)18-11-5-7-14-6-2-3-10-17(14)18/h2-4,6,8-10,12-13,18H,5,7,11H2,1H3,(H,21,22)/t13-,18+/m1/s1. The van der Waals surface area contributed by atoms with E-state index in [0.29, 0.717) is 5.02 Å². The molecule has 0 bridgehead atoms. The third-order valence-electron chi connectivity index (χ3n) is 4.39. The van der Waals surface area contributed by atoms with Crippen molar-refractivity contribution in [2.24, 2.45) is 0 Å². The average molecular weight is 314 g/mol. The minimum Gasteiger partial charge on any atom is -0.349 e. The first-order valence-corrected chi connectivity index (χ1v) is 8.16. The van der Waals surface area contributed by atoms with E-state index in [0.717, 1.165) is 24.8 Å². The lowest BCUT2D eigenvalue weighted by molar-refractivity contribution is -0.123. The summed E-state index contributed by atoms with van der Waals surface area (Å²) < 4.78 is 0. The van der Waals surface area contributed by atoms with Crippen molar-refractivity contribution in [3.05, 3.63) is 70.2 Å². The van der Waals surface area contributed by atoms with Crippen molar-refractivity contribution in [1.82, 2.24) is 5.32 Å². The lowest BCUT2D eigenvalue weighted by atomic mass is 9.82. The smallest absolute Gasteiger partial charge is 0.228 e. The number of fused-ring (bicyclic) bond motifs is 1. The van der Waals surface area contributed by atoms with Crippen molar-refractivity contribution in [1.29, 1.82) is 0 Å². The van der Waals surface area contributed by atoms with Crippen LogP contribution in [-0.4, -0.2) is 5.91 Å². The maximum Gasteiger partial charge on any atom is 0.228 e. The number of halogens is 1. The number of benzene rings is 2. The molecule has 3 rings (SSSR count). The van der Waals surface area contributed by atoms with E-state index in [1.807, 2.05) is 43.3 Å². The molecular formula is C19H20ClNO. The second-order valence-corrected chi connectivity index (χ2v) is 6.37.